The molecule has 0 aliphatic rings. The van der Waals surface area contributed by atoms with Crippen LogP contribution in [0.4, 0.5) is 0 Å². The molecule has 0 saturated carbocycles. The lowest BCUT2D eigenvalue weighted by Crippen LogP contribution is -2.05. The first-order chi connectivity index (χ1) is 10.3. The maximum atomic E-state index is 6.19. The van der Waals surface area contributed by atoms with Crippen LogP contribution in [0.25, 0.3) is 11.4 Å². The van der Waals surface area contributed by atoms with Gasteiger partial charge in [-0.1, -0.05) is 41.9 Å². The molecule has 3 aromatic rings. The molecule has 0 atom stereocenters. The quantitative estimate of drug-likeness (QED) is 0.743. The summed E-state index contributed by atoms with van der Waals surface area (Å²) in [6.45, 7) is 0.513. The second-order valence-corrected chi connectivity index (χ2v) is 4.89. The van der Waals surface area contributed by atoms with Crippen LogP contribution < -0.4 is 4.74 Å². The van der Waals surface area contributed by atoms with Crippen LogP contribution in [0.15, 0.2) is 48.5 Å². The Morgan fingerprint density at radius 3 is 2.81 bits per heavy atom. The highest BCUT2D eigenvalue weighted by atomic mass is 35.5. The number of hydrogen-bond donors (Lipinski definition) is 0. The molecule has 0 aliphatic heterocycles. The van der Waals surface area contributed by atoms with E-state index in [1.54, 1.807) is 11.8 Å². The fourth-order valence-corrected chi connectivity index (χ4v) is 2.26. The van der Waals surface area contributed by atoms with E-state index in [0.717, 1.165) is 16.9 Å². The SMILES string of the molecule is COc1cccc(-c2nnnn2Cc2ccccc2Cl)c1. The Bertz CT molecular complexity index is 757. The van der Waals surface area contributed by atoms with Crippen molar-refractivity contribution in [3.05, 3.63) is 59.1 Å². The van der Waals surface area contributed by atoms with Crippen LogP contribution in [-0.2, 0) is 6.54 Å². The van der Waals surface area contributed by atoms with Gasteiger partial charge in [0.05, 0.1) is 13.7 Å². The number of ether oxygens (including phenoxy) is 1. The molecule has 0 radical (unpaired) electrons. The van der Waals surface area contributed by atoms with E-state index in [1.807, 2.05) is 48.5 Å². The molecule has 5 nitrogen and oxygen atoms in total. The third kappa shape index (κ3) is 2.87. The predicted molar refractivity (Wildman–Crippen MR) is 80.4 cm³/mol. The minimum Gasteiger partial charge on any atom is -0.497 e. The van der Waals surface area contributed by atoms with Gasteiger partial charge in [-0.3, -0.25) is 0 Å². The monoisotopic (exact) mass is 300 g/mol. The Kier molecular flexibility index (Phi) is 3.83. The number of hydrogen-bond acceptors (Lipinski definition) is 4. The number of benzene rings is 2. The largest absolute Gasteiger partial charge is 0.497 e. The van der Waals surface area contributed by atoms with Crippen molar-refractivity contribution in [1.29, 1.82) is 0 Å². The average Bonchev–Trinajstić information content (AvgIpc) is 2.98. The lowest BCUT2D eigenvalue weighted by Gasteiger charge is -2.07. The van der Waals surface area contributed by atoms with Gasteiger partial charge in [-0.05, 0) is 34.2 Å². The van der Waals surface area contributed by atoms with Crippen LogP contribution in [0.2, 0.25) is 5.02 Å². The molecular weight excluding hydrogens is 288 g/mol. The standard InChI is InChI=1S/C15H13ClN4O/c1-21-13-7-4-6-11(9-13)15-17-18-19-20(15)10-12-5-2-3-8-14(12)16/h2-9H,10H2,1H3. The van der Waals surface area contributed by atoms with Gasteiger partial charge in [0.2, 0.25) is 0 Å². The van der Waals surface area contributed by atoms with E-state index in [2.05, 4.69) is 15.5 Å². The number of methoxy groups -OCH3 is 1. The second-order valence-electron chi connectivity index (χ2n) is 4.48. The topological polar surface area (TPSA) is 52.8 Å². The highest BCUT2D eigenvalue weighted by Gasteiger charge is 2.11. The molecule has 21 heavy (non-hydrogen) atoms. The number of halogens is 1. The van der Waals surface area contributed by atoms with E-state index < -0.39 is 0 Å². The molecule has 106 valence electrons. The van der Waals surface area contributed by atoms with Gasteiger partial charge in [0.15, 0.2) is 5.82 Å². The first-order valence-electron chi connectivity index (χ1n) is 6.42. The van der Waals surface area contributed by atoms with Crippen LogP contribution >= 0.6 is 11.6 Å². The van der Waals surface area contributed by atoms with Gasteiger partial charge in [0.25, 0.3) is 0 Å². The van der Waals surface area contributed by atoms with Crippen molar-refractivity contribution in [1.82, 2.24) is 20.2 Å². The summed E-state index contributed by atoms with van der Waals surface area (Å²) in [6, 6.07) is 15.3. The summed E-state index contributed by atoms with van der Waals surface area (Å²) in [5, 5.41) is 12.6. The number of aromatic nitrogens is 4. The van der Waals surface area contributed by atoms with E-state index in [-0.39, 0.29) is 0 Å². The summed E-state index contributed by atoms with van der Waals surface area (Å²) in [5.41, 5.74) is 1.86. The summed E-state index contributed by atoms with van der Waals surface area (Å²) < 4.78 is 6.95. The van der Waals surface area contributed by atoms with Gasteiger partial charge in [-0.2, -0.15) is 0 Å². The van der Waals surface area contributed by atoms with Gasteiger partial charge in [0, 0.05) is 10.6 Å². The molecule has 0 saturated heterocycles. The molecule has 1 aromatic heterocycles. The van der Waals surface area contributed by atoms with E-state index in [0.29, 0.717) is 17.4 Å². The fraction of sp³-hybridized carbons (Fsp3) is 0.133. The van der Waals surface area contributed by atoms with Gasteiger partial charge < -0.3 is 4.74 Å². The summed E-state index contributed by atoms with van der Waals surface area (Å²) in [7, 11) is 1.63. The van der Waals surface area contributed by atoms with Crippen LogP contribution in [0.5, 0.6) is 5.75 Å². The van der Waals surface area contributed by atoms with Crippen LogP contribution in [0.1, 0.15) is 5.56 Å². The van der Waals surface area contributed by atoms with E-state index >= 15 is 0 Å². The lowest BCUT2D eigenvalue weighted by atomic mass is 10.2. The number of tetrazole rings is 1. The number of nitrogens with zero attached hydrogens (tertiary/aromatic N) is 4. The Hall–Kier alpha value is -2.40. The molecule has 0 fully saturated rings. The molecule has 6 heteroatoms. The van der Waals surface area contributed by atoms with Gasteiger partial charge in [-0.25, -0.2) is 4.68 Å². The Morgan fingerprint density at radius 1 is 1.14 bits per heavy atom. The first-order valence-corrected chi connectivity index (χ1v) is 6.80. The van der Waals surface area contributed by atoms with Crippen molar-refractivity contribution in [2.75, 3.05) is 7.11 Å². The molecule has 1 heterocycles. The fourth-order valence-electron chi connectivity index (χ4n) is 2.07. The average molecular weight is 301 g/mol. The van der Waals surface area contributed by atoms with Crippen LogP contribution in [0.3, 0.4) is 0 Å². The predicted octanol–water partition coefficient (Wildman–Crippen LogP) is 3.05. The van der Waals surface area contributed by atoms with Crippen LogP contribution in [-0.4, -0.2) is 27.3 Å². The molecule has 0 amide bonds. The molecule has 0 aliphatic carbocycles. The third-order valence-corrected chi connectivity index (χ3v) is 3.51. The highest BCUT2D eigenvalue weighted by molar-refractivity contribution is 6.31. The Morgan fingerprint density at radius 2 is 2.00 bits per heavy atom. The van der Waals surface area contributed by atoms with Crippen molar-refractivity contribution >= 4 is 11.6 Å². The zero-order valence-electron chi connectivity index (χ0n) is 11.4. The molecule has 0 spiro atoms. The van der Waals surface area contributed by atoms with E-state index in [9.17, 15) is 0 Å². The molecular formula is C15H13ClN4O. The minimum absolute atomic E-state index is 0.513. The normalized spacial score (nSPS) is 10.6. The lowest BCUT2D eigenvalue weighted by molar-refractivity contribution is 0.415. The third-order valence-electron chi connectivity index (χ3n) is 3.14. The van der Waals surface area contributed by atoms with E-state index in [1.165, 1.54) is 0 Å². The maximum Gasteiger partial charge on any atom is 0.182 e. The summed E-state index contributed by atoms with van der Waals surface area (Å²) in [6.07, 6.45) is 0. The molecule has 2 aromatic carbocycles. The van der Waals surface area contributed by atoms with Crippen molar-refractivity contribution in [3.63, 3.8) is 0 Å². The second kappa shape index (κ2) is 5.93. The zero-order valence-corrected chi connectivity index (χ0v) is 12.2. The van der Waals surface area contributed by atoms with E-state index in [4.69, 9.17) is 16.3 Å². The van der Waals surface area contributed by atoms with Gasteiger partial charge >= 0.3 is 0 Å². The van der Waals surface area contributed by atoms with Gasteiger partial charge in [0.1, 0.15) is 5.75 Å². The Balaban J connectivity index is 1.95. The molecule has 3 rings (SSSR count). The Labute approximate surface area is 127 Å². The summed E-state index contributed by atoms with van der Waals surface area (Å²) in [4.78, 5) is 0. The van der Waals surface area contributed by atoms with Crippen molar-refractivity contribution in [2.45, 2.75) is 6.54 Å². The van der Waals surface area contributed by atoms with Crippen molar-refractivity contribution in [2.24, 2.45) is 0 Å². The summed E-state index contributed by atoms with van der Waals surface area (Å²) in [5.74, 6) is 1.44. The van der Waals surface area contributed by atoms with Crippen molar-refractivity contribution in [3.8, 4) is 17.1 Å². The van der Waals surface area contributed by atoms with Gasteiger partial charge in [-0.15, -0.1) is 5.10 Å². The highest BCUT2D eigenvalue weighted by Crippen LogP contribution is 2.23. The molecule has 0 bridgehead atoms. The first kappa shape index (κ1) is 13.6. The zero-order chi connectivity index (χ0) is 14.7. The van der Waals surface area contributed by atoms with Crippen LogP contribution in [0, 0.1) is 0 Å². The summed E-state index contributed by atoms with van der Waals surface area (Å²) >= 11 is 6.19. The maximum absolute atomic E-state index is 6.19. The number of rotatable bonds is 4. The molecule has 0 unspecified atom stereocenters. The molecule has 0 N–H and O–H groups in total. The van der Waals surface area contributed by atoms with Crippen molar-refractivity contribution < 1.29 is 4.74 Å². The minimum atomic E-state index is 0.513. The smallest absolute Gasteiger partial charge is 0.182 e.